The molecule has 16 heavy (non-hydrogen) atoms. The van der Waals surface area contributed by atoms with E-state index in [0.717, 1.165) is 0 Å². The number of aliphatic hydroxyl groups excluding tert-OH is 1. The van der Waals surface area contributed by atoms with E-state index in [1.54, 1.807) is 6.92 Å². The quantitative estimate of drug-likeness (QED) is 0.416. The summed E-state index contributed by atoms with van der Waals surface area (Å²) in [6, 6.07) is -0.0444. The van der Waals surface area contributed by atoms with Crippen LogP contribution in [-0.2, 0) is 9.53 Å². The predicted molar refractivity (Wildman–Crippen MR) is 64.6 cm³/mol. The van der Waals surface area contributed by atoms with E-state index < -0.39 is 12.1 Å². The van der Waals surface area contributed by atoms with Crippen LogP contribution in [0.15, 0.2) is 12.2 Å². The van der Waals surface area contributed by atoms with Crippen LogP contribution in [0.4, 0.5) is 0 Å². The number of nitrogens with zero attached hydrogens (tertiary/aromatic N) is 1. The van der Waals surface area contributed by atoms with Crippen molar-refractivity contribution in [3.63, 3.8) is 0 Å². The Kier molecular flexibility index (Phi) is 7.38. The van der Waals surface area contributed by atoms with Gasteiger partial charge in [0.1, 0.15) is 6.61 Å². The van der Waals surface area contributed by atoms with Gasteiger partial charge in [-0.3, -0.25) is 0 Å². The van der Waals surface area contributed by atoms with Gasteiger partial charge in [-0.2, -0.15) is 0 Å². The van der Waals surface area contributed by atoms with Crippen LogP contribution >= 0.6 is 11.6 Å². The lowest BCUT2D eigenvalue weighted by molar-refractivity contribution is -0.140. The third kappa shape index (κ3) is 6.10. The van der Waals surface area contributed by atoms with Crippen molar-refractivity contribution in [3.8, 4) is 0 Å². The Morgan fingerprint density at radius 2 is 2.12 bits per heavy atom. The zero-order chi connectivity index (χ0) is 12.7. The number of alkyl halides is 1. The summed E-state index contributed by atoms with van der Waals surface area (Å²) in [6.07, 6.45) is -0.113. The fourth-order valence-electron chi connectivity index (χ4n) is 1.10. The highest BCUT2D eigenvalue weighted by molar-refractivity contribution is 6.18. The second-order valence-electron chi connectivity index (χ2n) is 4.04. The van der Waals surface area contributed by atoms with Crippen LogP contribution < -0.4 is 0 Å². The van der Waals surface area contributed by atoms with Crippen LogP contribution in [0.1, 0.15) is 13.3 Å². The van der Waals surface area contributed by atoms with Gasteiger partial charge in [0.2, 0.25) is 0 Å². The molecule has 0 radical (unpaired) electrons. The molecule has 0 saturated carbocycles. The zero-order valence-electron chi connectivity index (χ0n) is 10.1. The van der Waals surface area contributed by atoms with E-state index >= 15 is 0 Å². The summed E-state index contributed by atoms with van der Waals surface area (Å²) in [5.74, 6) is -0.231. The maximum atomic E-state index is 11.2. The molecule has 0 aromatic carbocycles. The molecule has 0 aliphatic heterocycles. The van der Waals surface area contributed by atoms with Gasteiger partial charge in [0.05, 0.1) is 6.10 Å². The van der Waals surface area contributed by atoms with Crippen molar-refractivity contribution in [3.05, 3.63) is 12.2 Å². The number of carbonyl (C=O) groups excluding carboxylic acids is 1. The van der Waals surface area contributed by atoms with Crippen molar-refractivity contribution in [2.45, 2.75) is 25.5 Å². The van der Waals surface area contributed by atoms with Gasteiger partial charge < -0.3 is 14.7 Å². The summed E-state index contributed by atoms with van der Waals surface area (Å²) in [7, 11) is 3.72. The summed E-state index contributed by atoms with van der Waals surface area (Å²) in [6.45, 7) is 5.32. The number of carbonyl (C=O) groups is 1. The smallest absolute Gasteiger partial charge is 0.333 e. The molecular formula is C11H20ClNO3. The molecule has 2 atom stereocenters. The van der Waals surface area contributed by atoms with Gasteiger partial charge in [0.15, 0.2) is 0 Å². The van der Waals surface area contributed by atoms with Crippen LogP contribution in [0.2, 0.25) is 0 Å². The van der Waals surface area contributed by atoms with E-state index in [2.05, 4.69) is 6.58 Å². The first kappa shape index (κ1) is 15.4. The van der Waals surface area contributed by atoms with Crippen molar-refractivity contribution in [2.75, 3.05) is 26.6 Å². The van der Waals surface area contributed by atoms with Gasteiger partial charge in [-0.15, -0.1) is 11.6 Å². The minimum absolute atomic E-state index is 0.0444. The highest BCUT2D eigenvalue weighted by Crippen LogP contribution is 2.07. The molecular weight excluding hydrogens is 230 g/mol. The number of hydrogen-bond donors (Lipinski definition) is 1. The molecule has 0 spiro atoms. The monoisotopic (exact) mass is 249 g/mol. The van der Waals surface area contributed by atoms with Crippen LogP contribution in [0.5, 0.6) is 0 Å². The Balaban J connectivity index is 4.14. The number of halogens is 1. The van der Waals surface area contributed by atoms with Crippen molar-refractivity contribution < 1.29 is 14.6 Å². The number of likely N-dealkylation sites (N-methyl/N-ethyl adjacent to an activating group) is 1. The second kappa shape index (κ2) is 7.65. The molecule has 94 valence electrons. The maximum Gasteiger partial charge on any atom is 0.333 e. The molecule has 0 rings (SSSR count). The highest BCUT2D eigenvalue weighted by atomic mass is 35.5. The average molecular weight is 250 g/mol. The summed E-state index contributed by atoms with van der Waals surface area (Å²) in [4.78, 5) is 13.1. The summed E-state index contributed by atoms with van der Waals surface area (Å²) in [5, 5.41) is 9.43. The molecule has 0 aromatic heterocycles. The first-order valence-electron chi connectivity index (χ1n) is 5.11. The maximum absolute atomic E-state index is 11.2. The Morgan fingerprint density at radius 3 is 2.50 bits per heavy atom. The van der Waals surface area contributed by atoms with Gasteiger partial charge in [-0.25, -0.2) is 4.79 Å². The molecule has 0 aromatic rings. The topological polar surface area (TPSA) is 49.8 Å². The molecule has 0 saturated heterocycles. The summed E-state index contributed by atoms with van der Waals surface area (Å²) < 4.78 is 5.04. The highest BCUT2D eigenvalue weighted by Gasteiger charge is 2.18. The molecule has 0 aliphatic rings. The Bertz CT molecular complexity index is 243. The lowest BCUT2D eigenvalue weighted by Gasteiger charge is -2.25. The number of rotatable bonds is 7. The molecule has 1 N–H and O–H groups in total. The van der Waals surface area contributed by atoms with E-state index in [-0.39, 0.29) is 18.5 Å². The van der Waals surface area contributed by atoms with E-state index in [1.807, 2.05) is 19.0 Å². The summed E-state index contributed by atoms with van der Waals surface area (Å²) in [5.41, 5.74) is 0.371. The zero-order valence-corrected chi connectivity index (χ0v) is 10.8. The molecule has 0 heterocycles. The van der Waals surface area contributed by atoms with Crippen molar-refractivity contribution in [2.24, 2.45) is 0 Å². The van der Waals surface area contributed by atoms with E-state index in [0.29, 0.717) is 12.0 Å². The average Bonchev–Trinajstić information content (AvgIpc) is 2.22. The number of hydrogen-bond acceptors (Lipinski definition) is 4. The normalized spacial score (nSPS) is 14.6. The molecule has 0 fully saturated rings. The van der Waals surface area contributed by atoms with Crippen molar-refractivity contribution in [1.29, 1.82) is 0 Å². The second-order valence-corrected chi connectivity index (χ2v) is 4.35. The van der Waals surface area contributed by atoms with Crippen LogP contribution in [0.25, 0.3) is 0 Å². The number of ether oxygens (including phenoxy) is 1. The fourth-order valence-corrected chi connectivity index (χ4v) is 1.23. The summed E-state index contributed by atoms with van der Waals surface area (Å²) >= 11 is 5.52. The van der Waals surface area contributed by atoms with Gasteiger partial charge in [0, 0.05) is 17.5 Å². The largest absolute Gasteiger partial charge is 0.461 e. The molecule has 4 nitrogen and oxygen atoms in total. The first-order chi connectivity index (χ1) is 7.38. The minimum atomic E-state index is -0.586. The van der Waals surface area contributed by atoms with Gasteiger partial charge in [0.25, 0.3) is 0 Å². The van der Waals surface area contributed by atoms with E-state index in [9.17, 15) is 9.90 Å². The fraction of sp³-hybridized carbons (Fsp3) is 0.727. The molecule has 2 unspecified atom stereocenters. The first-order valence-corrected chi connectivity index (χ1v) is 5.65. The molecule has 0 bridgehead atoms. The lowest BCUT2D eigenvalue weighted by Crippen LogP contribution is -2.37. The lowest BCUT2D eigenvalue weighted by atomic mass is 10.1. The molecule has 0 amide bonds. The standard InChI is InChI=1S/C11H20ClNO3/c1-8(2)11(15)16-7-9(13(3)4)5-10(14)6-12/h9-10,14H,1,5-7H2,2-4H3. The molecule has 0 aliphatic carbocycles. The predicted octanol–water partition coefficient (Wildman–Crippen LogP) is 1.03. The van der Waals surface area contributed by atoms with E-state index in [1.165, 1.54) is 0 Å². The van der Waals surface area contributed by atoms with Crippen molar-refractivity contribution in [1.82, 2.24) is 4.90 Å². The Morgan fingerprint density at radius 1 is 1.56 bits per heavy atom. The van der Waals surface area contributed by atoms with Gasteiger partial charge in [-0.1, -0.05) is 6.58 Å². The SMILES string of the molecule is C=C(C)C(=O)OCC(CC(O)CCl)N(C)C. The minimum Gasteiger partial charge on any atom is -0.461 e. The number of esters is 1. The molecule has 5 heteroatoms. The van der Waals surface area contributed by atoms with Crippen LogP contribution in [0, 0.1) is 0 Å². The van der Waals surface area contributed by atoms with Crippen LogP contribution in [-0.4, -0.2) is 54.7 Å². The van der Waals surface area contributed by atoms with E-state index in [4.69, 9.17) is 16.3 Å². The third-order valence-electron chi connectivity index (χ3n) is 2.21. The number of aliphatic hydroxyl groups is 1. The Hall–Kier alpha value is -0.580. The van der Waals surface area contributed by atoms with Crippen molar-refractivity contribution >= 4 is 17.6 Å². The van der Waals surface area contributed by atoms with Crippen LogP contribution in [0.3, 0.4) is 0 Å². The Labute approximate surface area is 102 Å². The van der Waals surface area contributed by atoms with Gasteiger partial charge >= 0.3 is 5.97 Å². The van der Waals surface area contributed by atoms with Gasteiger partial charge in [-0.05, 0) is 27.4 Å². The third-order valence-corrected chi connectivity index (χ3v) is 2.56.